The van der Waals surface area contributed by atoms with E-state index < -0.39 is 6.04 Å². The van der Waals surface area contributed by atoms with Crippen molar-refractivity contribution >= 4 is 35.6 Å². The number of quaternary nitrogens is 1. The first-order valence-corrected chi connectivity index (χ1v) is 22.1. The van der Waals surface area contributed by atoms with Gasteiger partial charge in [-0.1, -0.05) is 36.6 Å². The molecule has 9 N–H and O–H groups in total. The van der Waals surface area contributed by atoms with Crippen molar-refractivity contribution in [1.82, 2.24) is 54.7 Å². The summed E-state index contributed by atoms with van der Waals surface area (Å²) >= 11 is 0. The quantitative estimate of drug-likeness (QED) is 0.0213. The van der Waals surface area contributed by atoms with E-state index in [1.54, 1.807) is 15.6 Å². The molecule has 2 fully saturated rings. The summed E-state index contributed by atoms with van der Waals surface area (Å²) in [7, 11) is 0. The zero-order valence-electron chi connectivity index (χ0n) is 37.1. The van der Waals surface area contributed by atoms with E-state index in [-0.39, 0.29) is 36.8 Å². The highest BCUT2D eigenvalue weighted by molar-refractivity contribution is 5.81. The van der Waals surface area contributed by atoms with Crippen LogP contribution in [0.15, 0.2) is 12.4 Å². The second-order valence-electron chi connectivity index (χ2n) is 15.6. The number of aryl methyl sites for hydroxylation is 2. The smallest absolute Gasteiger partial charge is 0.338 e. The van der Waals surface area contributed by atoms with Gasteiger partial charge in [0.15, 0.2) is 0 Å². The van der Waals surface area contributed by atoms with Crippen molar-refractivity contribution in [3.8, 4) is 12.3 Å². The molecular formula is C40H68N18O5+2. The van der Waals surface area contributed by atoms with Crippen molar-refractivity contribution < 1.29 is 34.5 Å². The van der Waals surface area contributed by atoms with E-state index in [2.05, 4.69) is 66.2 Å². The van der Waals surface area contributed by atoms with Crippen LogP contribution in [0, 0.1) is 18.3 Å². The number of guanidine groups is 1. The highest BCUT2D eigenvalue weighted by Crippen LogP contribution is 2.26. The minimum absolute atomic E-state index is 0.0388. The van der Waals surface area contributed by atoms with Crippen LogP contribution in [0.5, 0.6) is 0 Å². The van der Waals surface area contributed by atoms with Gasteiger partial charge in [0.1, 0.15) is 19.2 Å². The molecule has 23 nitrogen and oxygen atoms in total. The Balaban J connectivity index is 1.19. The number of nitrogens with one attached hydrogen (secondary N) is 2. The highest BCUT2D eigenvalue weighted by Gasteiger charge is 2.34. The van der Waals surface area contributed by atoms with Crippen molar-refractivity contribution in [2.24, 2.45) is 17.4 Å². The Morgan fingerprint density at radius 2 is 1.46 bits per heavy atom. The van der Waals surface area contributed by atoms with Crippen LogP contribution in [0.2, 0.25) is 0 Å². The van der Waals surface area contributed by atoms with Crippen LogP contribution in [0.4, 0.5) is 17.8 Å². The molecule has 3 aromatic rings. The predicted octanol–water partition coefficient (Wildman–Crippen LogP) is -3.71. The number of rotatable bonds is 27. The molecule has 0 aromatic carbocycles. The average molecular weight is 881 g/mol. The van der Waals surface area contributed by atoms with Crippen LogP contribution >= 0.6 is 0 Å². The number of carbonyl (C=O) groups is 2. The lowest BCUT2D eigenvalue weighted by atomic mass is 9.97. The van der Waals surface area contributed by atoms with Gasteiger partial charge in [-0.3, -0.25) is 26.0 Å². The molecule has 0 aliphatic carbocycles. The SMILES string of the molecule is C#CCOCCOCCOCCNc1nc(N2CCN(C(=O)Cn3cc(CCC[NH+]=C(N)N)nn3)CC2)nc(N2CCN(C(=O)[C@H]([C@@H](C)CC)n3cc(CCCC[NH3+])nn3)CC2)n1. The molecule has 63 heavy (non-hydrogen) atoms. The number of nitrogens with two attached hydrogens (primary N) is 2. The Hall–Kier alpha value is -5.70. The molecule has 2 aliphatic rings. The van der Waals surface area contributed by atoms with Gasteiger partial charge in [0, 0.05) is 71.3 Å². The fourth-order valence-corrected chi connectivity index (χ4v) is 7.15. The van der Waals surface area contributed by atoms with Gasteiger partial charge in [0.25, 0.3) is 0 Å². The highest BCUT2D eigenvalue weighted by atomic mass is 16.5. The number of ether oxygens (including phenoxy) is 3. The topological polar surface area (TPSA) is 281 Å². The molecule has 5 heterocycles. The van der Waals surface area contributed by atoms with Crippen LogP contribution < -0.4 is 37.3 Å². The van der Waals surface area contributed by atoms with Crippen molar-refractivity contribution in [1.29, 1.82) is 0 Å². The van der Waals surface area contributed by atoms with E-state index >= 15 is 0 Å². The molecular weight excluding hydrogens is 813 g/mol. The fourth-order valence-electron chi connectivity index (χ4n) is 7.15. The maximum atomic E-state index is 14.1. The number of terminal acetylenes is 1. The predicted molar refractivity (Wildman–Crippen MR) is 234 cm³/mol. The second kappa shape index (κ2) is 26.0. The Morgan fingerprint density at radius 1 is 0.841 bits per heavy atom. The standard InChI is InChI=1S/C40H66N18O5/c1-4-22-61-24-26-63-27-25-62-23-13-45-38-46-39(55-18-14-53(15-19-55)34(59)30-57-28-32(49-51-57)10-8-12-44-37(42)43)48-40(47-38)56-20-16-54(17-21-56)36(60)35(31(3)5-2)58-29-33(50-52-58)9-6-7-11-41/h1,28-29,31,35H,5-27,30,41H2,2-3H3,(H4,42,43,44)(H,45,46,47,48)/p+2/t31-,35-/m0/s1. The lowest BCUT2D eigenvalue weighted by Gasteiger charge is -2.38. The Morgan fingerprint density at radius 3 is 2.11 bits per heavy atom. The monoisotopic (exact) mass is 881 g/mol. The molecule has 23 heteroatoms. The van der Waals surface area contributed by atoms with Gasteiger partial charge in [0.2, 0.25) is 29.7 Å². The summed E-state index contributed by atoms with van der Waals surface area (Å²) in [5.41, 5.74) is 16.5. The van der Waals surface area contributed by atoms with Crippen molar-refractivity contribution in [3.63, 3.8) is 0 Å². The number of anilines is 3. The Labute approximate surface area is 369 Å². The van der Waals surface area contributed by atoms with Gasteiger partial charge in [0.05, 0.1) is 57.5 Å². The number of amides is 2. The van der Waals surface area contributed by atoms with E-state index in [4.69, 9.17) is 47.1 Å². The normalized spacial score (nSPS) is 15.3. The van der Waals surface area contributed by atoms with Gasteiger partial charge in [-0.2, -0.15) is 15.0 Å². The maximum absolute atomic E-state index is 14.1. The maximum Gasteiger partial charge on any atom is 0.338 e. The number of piperazine rings is 2. The third kappa shape index (κ3) is 15.6. The summed E-state index contributed by atoms with van der Waals surface area (Å²) in [6, 6.07) is -0.440. The summed E-state index contributed by atoms with van der Waals surface area (Å²) in [6.07, 6.45) is 14.0. The van der Waals surface area contributed by atoms with E-state index in [0.29, 0.717) is 123 Å². The first-order valence-electron chi connectivity index (χ1n) is 22.1. The number of carbonyl (C=O) groups excluding carboxylic acids is 2. The summed E-state index contributed by atoms with van der Waals surface area (Å²) in [5, 5.41) is 20.5. The number of hydrogen-bond acceptors (Lipinski definition) is 15. The molecule has 2 atom stereocenters. The summed E-state index contributed by atoms with van der Waals surface area (Å²) in [5.74, 6) is 4.11. The molecule has 346 valence electrons. The van der Waals surface area contributed by atoms with Gasteiger partial charge >= 0.3 is 5.96 Å². The lowest BCUT2D eigenvalue weighted by molar-refractivity contribution is -0.459. The molecule has 5 rings (SSSR count). The molecule has 3 aromatic heterocycles. The lowest BCUT2D eigenvalue weighted by Crippen LogP contribution is -2.78. The van der Waals surface area contributed by atoms with Gasteiger partial charge in [-0.25, -0.2) is 9.36 Å². The van der Waals surface area contributed by atoms with Crippen molar-refractivity contribution in [3.05, 3.63) is 23.8 Å². The van der Waals surface area contributed by atoms with Gasteiger partial charge < -0.3 is 44.9 Å². The fraction of sp³-hybridized carbons (Fsp3) is 0.700. The first kappa shape index (κ1) is 48.3. The van der Waals surface area contributed by atoms with E-state index in [0.717, 1.165) is 50.0 Å². The molecule has 0 spiro atoms. The largest absolute Gasteiger partial charge is 0.377 e. The molecule has 0 unspecified atom stereocenters. The van der Waals surface area contributed by atoms with Crippen molar-refractivity contribution in [2.45, 2.75) is 65.0 Å². The number of unbranched alkanes of at least 4 members (excludes halogenated alkanes) is 1. The zero-order chi connectivity index (χ0) is 44.8. The molecule has 0 bridgehead atoms. The van der Waals surface area contributed by atoms with Crippen LogP contribution in [0.3, 0.4) is 0 Å². The van der Waals surface area contributed by atoms with E-state index in [1.807, 2.05) is 16.0 Å². The number of aromatic nitrogens is 9. The van der Waals surface area contributed by atoms with Crippen LogP contribution in [0.1, 0.15) is 57.0 Å². The third-order valence-electron chi connectivity index (χ3n) is 10.9. The first-order chi connectivity index (χ1) is 30.7. The van der Waals surface area contributed by atoms with Crippen LogP contribution in [-0.2, 0) is 43.2 Å². The van der Waals surface area contributed by atoms with E-state index in [9.17, 15) is 9.59 Å². The van der Waals surface area contributed by atoms with E-state index in [1.165, 1.54) is 0 Å². The molecule has 0 saturated carbocycles. The molecule has 2 saturated heterocycles. The second-order valence-corrected chi connectivity index (χ2v) is 15.6. The molecule has 2 aliphatic heterocycles. The summed E-state index contributed by atoms with van der Waals surface area (Å²) < 4.78 is 19.8. The Bertz CT molecular complexity index is 1900. The number of nitrogens with zero attached hydrogens (tertiary/aromatic N) is 13. The zero-order valence-corrected chi connectivity index (χ0v) is 37.1. The number of hydrogen-bond donors (Lipinski definition) is 5. The molecule has 0 radical (unpaired) electrons. The third-order valence-corrected chi connectivity index (χ3v) is 10.9. The minimum Gasteiger partial charge on any atom is -0.377 e. The van der Waals surface area contributed by atoms with Crippen LogP contribution in [-0.4, -0.2) is 184 Å². The minimum atomic E-state index is -0.440. The average Bonchev–Trinajstić information content (AvgIpc) is 3.96. The van der Waals surface area contributed by atoms with Gasteiger partial charge in [-0.15, -0.1) is 16.6 Å². The van der Waals surface area contributed by atoms with Gasteiger partial charge in [-0.05, 0) is 38.0 Å². The summed E-state index contributed by atoms with van der Waals surface area (Å²) in [4.78, 5) is 52.8. The van der Waals surface area contributed by atoms with Crippen LogP contribution in [0.25, 0.3) is 0 Å². The summed E-state index contributed by atoms with van der Waals surface area (Å²) in [6.45, 7) is 12.7. The Kier molecular flexibility index (Phi) is 20.0. The van der Waals surface area contributed by atoms with Crippen molar-refractivity contribution in [2.75, 3.05) is 127 Å². The molecule has 2 amide bonds.